The van der Waals surface area contributed by atoms with Gasteiger partial charge in [-0.05, 0) is 30.0 Å². The van der Waals surface area contributed by atoms with Gasteiger partial charge in [-0.25, -0.2) is 4.79 Å². The van der Waals surface area contributed by atoms with Gasteiger partial charge in [-0.2, -0.15) is 5.10 Å². The van der Waals surface area contributed by atoms with E-state index >= 15 is 0 Å². The molecule has 132 valence electrons. The van der Waals surface area contributed by atoms with E-state index in [0.29, 0.717) is 6.54 Å². The maximum atomic E-state index is 12.3. The summed E-state index contributed by atoms with van der Waals surface area (Å²) >= 11 is 0. The summed E-state index contributed by atoms with van der Waals surface area (Å²) in [6.07, 6.45) is 6.41. The van der Waals surface area contributed by atoms with E-state index in [9.17, 15) is 4.79 Å². The van der Waals surface area contributed by atoms with Gasteiger partial charge >= 0.3 is 6.03 Å². The van der Waals surface area contributed by atoms with Crippen LogP contribution in [-0.2, 0) is 13.1 Å². The molecule has 0 bridgehead atoms. The number of rotatable bonds is 5. The number of aromatic nitrogens is 2. The number of carbonyl (C=O) groups is 1. The van der Waals surface area contributed by atoms with Crippen LogP contribution in [0.1, 0.15) is 24.0 Å². The van der Waals surface area contributed by atoms with Crippen LogP contribution in [0.4, 0.5) is 4.79 Å². The van der Waals surface area contributed by atoms with Crippen LogP contribution >= 0.6 is 0 Å². The van der Waals surface area contributed by atoms with Gasteiger partial charge in [0, 0.05) is 51.2 Å². The molecule has 25 heavy (non-hydrogen) atoms. The number of carbonyl (C=O) groups excluding carboxylic acids is 1. The Kier molecular flexibility index (Phi) is 4.70. The number of hydrogen-bond acceptors (Lipinski definition) is 3. The van der Waals surface area contributed by atoms with Crippen LogP contribution in [-0.4, -0.2) is 57.8 Å². The van der Waals surface area contributed by atoms with Crippen molar-refractivity contribution in [1.29, 1.82) is 0 Å². The second-order valence-corrected chi connectivity index (χ2v) is 6.93. The number of urea groups is 1. The molecule has 1 saturated carbocycles. The Bertz CT molecular complexity index is 685. The van der Waals surface area contributed by atoms with Crippen molar-refractivity contribution in [3.8, 4) is 0 Å². The lowest BCUT2D eigenvalue weighted by atomic mass is 10.1. The van der Waals surface area contributed by atoms with Gasteiger partial charge in [0.25, 0.3) is 0 Å². The first-order chi connectivity index (χ1) is 12.3. The highest BCUT2D eigenvalue weighted by Gasteiger charge is 2.32. The zero-order chi connectivity index (χ0) is 17.1. The normalized spacial score (nSPS) is 18.3. The first-order valence-corrected chi connectivity index (χ1v) is 9.10. The zero-order valence-corrected chi connectivity index (χ0v) is 14.5. The molecule has 1 aliphatic heterocycles. The van der Waals surface area contributed by atoms with E-state index < -0.39 is 0 Å². The number of benzene rings is 1. The Morgan fingerprint density at radius 1 is 1.08 bits per heavy atom. The van der Waals surface area contributed by atoms with Crippen LogP contribution < -0.4 is 5.32 Å². The van der Waals surface area contributed by atoms with E-state index in [2.05, 4.69) is 39.6 Å². The number of nitrogens with zero attached hydrogens (tertiary/aromatic N) is 4. The second kappa shape index (κ2) is 7.27. The quantitative estimate of drug-likeness (QED) is 0.905. The standard InChI is InChI=1S/C19H25N5O/c25-19(23-12-10-22(11-13-23)18-6-7-18)20-14-16-2-4-17(5-3-16)15-24-9-1-8-21-24/h1-5,8-9,18H,6-7,10-15H2,(H,20,25). The third-order valence-corrected chi connectivity index (χ3v) is 5.04. The van der Waals surface area contributed by atoms with Crippen LogP contribution in [0.25, 0.3) is 0 Å². The summed E-state index contributed by atoms with van der Waals surface area (Å²) in [6, 6.07) is 11.1. The number of amides is 2. The first-order valence-electron chi connectivity index (χ1n) is 9.10. The summed E-state index contributed by atoms with van der Waals surface area (Å²) in [5, 5.41) is 7.26. The summed E-state index contributed by atoms with van der Waals surface area (Å²) < 4.78 is 1.90. The van der Waals surface area contributed by atoms with Crippen molar-refractivity contribution < 1.29 is 4.79 Å². The molecule has 0 atom stereocenters. The van der Waals surface area contributed by atoms with Crippen LogP contribution in [0.15, 0.2) is 42.7 Å². The zero-order valence-electron chi connectivity index (χ0n) is 14.5. The molecule has 1 saturated heterocycles. The maximum absolute atomic E-state index is 12.3. The Labute approximate surface area is 148 Å². The second-order valence-electron chi connectivity index (χ2n) is 6.93. The van der Waals surface area contributed by atoms with Gasteiger partial charge in [-0.1, -0.05) is 24.3 Å². The van der Waals surface area contributed by atoms with Crippen molar-refractivity contribution in [2.24, 2.45) is 0 Å². The fourth-order valence-electron chi connectivity index (χ4n) is 3.36. The van der Waals surface area contributed by atoms with E-state index in [1.807, 2.05) is 21.8 Å². The topological polar surface area (TPSA) is 53.4 Å². The SMILES string of the molecule is O=C(NCc1ccc(Cn2cccn2)cc1)N1CCN(C2CC2)CC1. The predicted molar refractivity (Wildman–Crippen MR) is 96.2 cm³/mol. The maximum Gasteiger partial charge on any atom is 0.317 e. The van der Waals surface area contributed by atoms with Gasteiger partial charge in [-0.15, -0.1) is 0 Å². The van der Waals surface area contributed by atoms with Crippen LogP contribution in [0.3, 0.4) is 0 Å². The van der Waals surface area contributed by atoms with Crippen molar-refractivity contribution in [2.75, 3.05) is 26.2 Å². The van der Waals surface area contributed by atoms with Crippen molar-refractivity contribution in [3.63, 3.8) is 0 Å². The van der Waals surface area contributed by atoms with E-state index in [4.69, 9.17) is 0 Å². The average Bonchev–Trinajstić information content (AvgIpc) is 3.38. The average molecular weight is 339 g/mol. The summed E-state index contributed by atoms with van der Waals surface area (Å²) in [5.74, 6) is 0. The van der Waals surface area contributed by atoms with E-state index in [-0.39, 0.29) is 6.03 Å². The van der Waals surface area contributed by atoms with Gasteiger partial charge in [0.15, 0.2) is 0 Å². The highest BCUT2D eigenvalue weighted by atomic mass is 16.2. The monoisotopic (exact) mass is 339 g/mol. The molecule has 2 heterocycles. The molecular formula is C19H25N5O. The summed E-state index contributed by atoms with van der Waals surface area (Å²) in [5.41, 5.74) is 2.32. The first kappa shape index (κ1) is 16.1. The fourth-order valence-corrected chi connectivity index (χ4v) is 3.36. The van der Waals surface area contributed by atoms with Crippen molar-refractivity contribution >= 4 is 6.03 Å². The molecular weight excluding hydrogens is 314 g/mol. The lowest BCUT2D eigenvalue weighted by molar-refractivity contribution is 0.134. The van der Waals surface area contributed by atoms with Crippen molar-refractivity contribution in [3.05, 3.63) is 53.9 Å². The van der Waals surface area contributed by atoms with Crippen molar-refractivity contribution in [1.82, 2.24) is 24.9 Å². The van der Waals surface area contributed by atoms with Crippen molar-refractivity contribution in [2.45, 2.75) is 32.0 Å². The van der Waals surface area contributed by atoms with Gasteiger partial charge in [-0.3, -0.25) is 9.58 Å². The molecule has 0 unspecified atom stereocenters. The fraction of sp³-hybridized carbons (Fsp3) is 0.474. The van der Waals surface area contributed by atoms with Crippen LogP contribution in [0.5, 0.6) is 0 Å². The number of piperazine rings is 1. The molecule has 0 radical (unpaired) electrons. The van der Waals surface area contributed by atoms with Crippen LogP contribution in [0.2, 0.25) is 0 Å². The molecule has 1 aromatic heterocycles. The van der Waals surface area contributed by atoms with Gasteiger partial charge in [0.2, 0.25) is 0 Å². The molecule has 2 aliphatic rings. The molecule has 0 spiro atoms. The molecule has 1 aromatic carbocycles. The Hall–Kier alpha value is -2.34. The minimum absolute atomic E-state index is 0.0519. The van der Waals surface area contributed by atoms with Gasteiger partial charge < -0.3 is 10.2 Å². The predicted octanol–water partition coefficient (Wildman–Crippen LogP) is 1.92. The minimum atomic E-state index is 0.0519. The highest BCUT2D eigenvalue weighted by Crippen LogP contribution is 2.27. The number of hydrogen-bond donors (Lipinski definition) is 1. The van der Waals surface area contributed by atoms with E-state index in [1.54, 1.807) is 6.20 Å². The summed E-state index contributed by atoms with van der Waals surface area (Å²) in [6.45, 7) is 5.05. The van der Waals surface area contributed by atoms with E-state index in [1.165, 1.54) is 18.4 Å². The Morgan fingerprint density at radius 3 is 2.44 bits per heavy atom. The van der Waals surface area contributed by atoms with E-state index in [0.717, 1.165) is 44.3 Å². The lowest BCUT2D eigenvalue weighted by Crippen LogP contribution is -2.52. The van der Waals surface area contributed by atoms with Gasteiger partial charge in [0.05, 0.1) is 6.54 Å². The molecule has 1 aliphatic carbocycles. The third kappa shape index (κ3) is 4.20. The molecule has 4 rings (SSSR count). The minimum Gasteiger partial charge on any atom is -0.334 e. The molecule has 6 heteroatoms. The molecule has 2 aromatic rings. The Morgan fingerprint density at radius 2 is 1.80 bits per heavy atom. The largest absolute Gasteiger partial charge is 0.334 e. The van der Waals surface area contributed by atoms with Crippen LogP contribution in [0, 0.1) is 0 Å². The molecule has 2 fully saturated rings. The molecule has 6 nitrogen and oxygen atoms in total. The smallest absolute Gasteiger partial charge is 0.317 e. The molecule has 1 N–H and O–H groups in total. The number of nitrogens with one attached hydrogen (secondary N) is 1. The highest BCUT2D eigenvalue weighted by molar-refractivity contribution is 5.74. The van der Waals surface area contributed by atoms with Gasteiger partial charge in [0.1, 0.15) is 0 Å². The summed E-state index contributed by atoms with van der Waals surface area (Å²) in [7, 11) is 0. The molecule has 2 amide bonds. The summed E-state index contributed by atoms with van der Waals surface area (Å²) in [4.78, 5) is 16.8. The third-order valence-electron chi connectivity index (χ3n) is 5.04. The Balaban J connectivity index is 1.23. The lowest BCUT2D eigenvalue weighted by Gasteiger charge is -2.34.